The van der Waals surface area contributed by atoms with E-state index in [1.54, 1.807) is 6.07 Å². The summed E-state index contributed by atoms with van der Waals surface area (Å²) < 4.78 is 12.2. The van der Waals surface area contributed by atoms with Gasteiger partial charge in [0.25, 0.3) is 5.56 Å². The molecule has 1 aromatic heterocycles. The normalized spacial score (nSPS) is 10.8. The smallest absolute Gasteiger partial charge is 0.259 e. The first-order valence-electron chi connectivity index (χ1n) is 10.7. The predicted molar refractivity (Wildman–Crippen MR) is 129 cm³/mol. The number of hydrogen-bond donors (Lipinski definition) is 1. The van der Waals surface area contributed by atoms with Gasteiger partial charge in [0, 0.05) is 6.07 Å². The maximum Gasteiger partial charge on any atom is 0.259 e. The molecular weight excluding hydrogens is 412 g/mol. The minimum Gasteiger partial charge on any atom is -0.489 e. The number of nitrogens with one attached hydrogen (secondary N) is 1. The van der Waals surface area contributed by atoms with Crippen LogP contribution in [0.3, 0.4) is 0 Å². The number of aromatic nitrogens is 2. The van der Waals surface area contributed by atoms with E-state index in [1.807, 2.05) is 97.1 Å². The lowest BCUT2D eigenvalue weighted by atomic mass is 10.1. The zero-order valence-corrected chi connectivity index (χ0v) is 17.9. The quantitative estimate of drug-likeness (QED) is 0.354. The van der Waals surface area contributed by atoms with Gasteiger partial charge in [0.1, 0.15) is 30.5 Å². The van der Waals surface area contributed by atoms with Crippen LogP contribution in [0.2, 0.25) is 0 Å². The van der Waals surface area contributed by atoms with Gasteiger partial charge in [-0.05, 0) is 35.4 Å². The number of aromatic amines is 1. The number of H-pyrrole nitrogens is 1. The van der Waals surface area contributed by atoms with Gasteiger partial charge in [-0.1, -0.05) is 72.8 Å². The summed E-state index contributed by atoms with van der Waals surface area (Å²) in [5.74, 6) is 1.72. The molecular formula is C28H22N2O3. The highest BCUT2D eigenvalue weighted by Crippen LogP contribution is 2.33. The summed E-state index contributed by atoms with van der Waals surface area (Å²) in [5, 5.41) is 0.552. The number of nitrogens with zero attached hydrogens (tertiary/aromatic N) is 1. The fourth-order valence-electron chi connectivity index (χ4n) is 3.60. The third-order valence-electron chi connectivity index (χ3n) is 5.31. The van der Waals surface area contributed by atoms with E-state index in [0.717, 1.165) is 11.1 Å². The summed E-state index contributed by atoms with van der Waals surface area (Å²) in [7, 11) is 0. The largest absolute Gasteiger partial charge is 0.489 e. The van der Waals surface area contributed by atoms with Crippen molar-refractivity contribution in [3.63, 3.8) is 0 Å². The predicted octanol–water partition coefficient (Wildman–Crippen LogP) is 5.75. The number of para-hydroxylation sites is 1. The molecule has 33 heavy (non-hydrogen) atoms. The zero-order chi connectivity index (χ0) is 22.5. The second-order valence-electron chi connectivity index (χ2n) is 7.64. The summed E-state index contributed by atoms with van der Waals surface area (Å²) in [5.41, 5.74) is 3.26. The van der Waals surface area contributed by atoms with E-state index in [1.165, 1.54) is 0 Å². The van der Waals surface area contributed by atoms with Gasteiger partial charge in [0.2, 0.25) is 0 Å². The Labute approximate surface area is 191 Å². The molecule has 0 atom stereocenters. The molecule has 5 rings (SSSR count). The number of fused-ring (bicyclic) bond motifs is 1. The van der Waals surface area contributed by atoms with Crippen LogP contribution in [0.15, 0.2) is 108 Å². The van der Waals surface area contributed by atoms with Crippen LogP contribution in [-0.2, 0) is 13.2 Å². The van der Waals surface area contributed by atoms with Crippen molar-refractivity contribution in [3.05, 3.63) is 125 Å². The Morgan fingerprint density at radius 3 is 2.06 bits per heavy atom. The molecule has 162 valence electrons. The summed E-state index contributed by atoms with van der Waals surface area (Å²) >= 11 is 0. The first kappa shape index (κ1) is 20.5. The van der Waals surface area contributed by atoms with Crippen LogP contribution in [0.5, 0.6) is 11.5 Å². The molecule has 0 aliphatic heterocycles. The molecule has 0 aliphatic rings. The summed E-state index contributed by atoms with van der Waals surface area (Å²) in [6.45, 7) is 0.831. The van der Waals surface area contributed by atoms with E-state index in [0.29, 0.717) is 47.0 Å². The molecule has 5 heteroatoms. The van der Waals surface area contributed by atoms with Gasteiger partial charge in [0.05, 0.1) is 16.5 Å². The Balaban J connectivity index is 1.49. The standard InChI is InChI=1S/C28H22N2O3/c31-28-23-13-7-8-14-25(23)29-27(30-28)24-16-15-22(32-18-20-9-3-1-4-10-20)17-26(24)33-19-21-11-5-2-6-12-21/h1-17H,18-19H2,(H,29,30,31). The fourth-order valence-corrected chi connectivity index (χ4v) is 3.60. The van der Waals surface area contributed by atoms with Gasteiger partial charge < -0.3 is 14.5 Å². The highest BCUT2D eigenvalue weighted by atomic mass is 16.5. The molecule has 4 aromatic carbocycles. The van der Waals surface area contributed by atoms with Gasteiger partial charge >= 0.3 is 0 Å². The molecule has 0 unspecified atom stereocenters. The number of rotatable bonds is 7. The lowest BCUT2D eigenvalue weighted by molar-refractivity contribution is 0.290. The molecule has 0 spiro atoms. The van der Waals surface area contributed by atoms with E-state index in [-0.39, 0.29) is 5.56 Å². The second-order valence-corrected chi connectivity index (χ2v) is 7.64. The van der Waals surface area contributed by atoms with Gasteiger partial charge in [-0.15, -0.1) is 0 Å². The van der Waals surface area contributed by atoms with Crippen LogP contribution < -0.4 is 15.0 Å². The average molecular weight is 434 g/mol. The minimum atomic E-state index is -0.186. The lowest BCUT2D eigenvalue weighted by Crippen LogP contribution is -2.10. The number of benzene rings is 4. The highest BCUT2D eigenvalue weighted by Gasteiger charge is 2.13. The molecule has 0 saturated heterocycles. The molecule has 0 aliphatic carbocycles. The second kappa shape index (κ2) is 9.40. The van der Waals surface area contributed by atoms with E-state index in [4.69, 9.17) is 9.47 Å². The molecule has 5 aromatic rings. The van der Waals surface area contributed by atoms with Crippen molar-refractivity contribution in [2.24, 2.45) is 0 Å². The lowest BCUT2D eigenvalue weighted by Gasteiger charge is -2.14. The Morgan fingerprint density at radius 2 is 1.33 bits per heavy atom. The zero-order valence-electron chi connectivity index (χ0n) is 17.9. The molecule has 0 radical (unpaired) electrons. The topological polar surface area (TPSA) is 64.2 Å². The third kappa shape index (κ3) is 4.77. The van der Waals surface area contributed by atoms with E-state index in [9.17, 15) is 4.79 Å². The van der Waals surface area contributed by atoms with Crippen molar-refractivity contribution >= 4 is 10.9 Å². The maximum atomic E-state index is 12.6. The minimum absolute atomic E-state index is 0.186. The van der Waals surface area contributed by atoms with E-state index in [2.05, 4.69) is 9.97 Å². The Bertz CT molecular complexity index is 1430. The maximum absolute atomic E-state index is 12.6. The summed E-state index contributed by atoms with van der Waals surface area (Å²) in [4.78, 5) is 20.2. The number of hydrogen-bond acceptors (Lipinski definition) is 4. The van der Waals surface area contributed by atoms with Crippen molar-refractivity contribution in [3.8, 4) is 22.9 Å². The Kier molecular flexibility index (Phi) is 5.85. The molecule has 0 amide bonds. The van der Waals surface area contributed by atoms with Crippen LogP contribution in [0.4, 0.5) is 0 Å². The third-order valence-corrected chi connectivity index (χ3v) is 5.31. The van der Waals surface area contributed by atoms with Gasteiger partial charge in [-0.25, -0.2) is 4.98 Å². The van der Waals surface area contributed by atoms with Crippen LogP contribution >= 0.6 is 0 Å². The van der Waals surface area contributed by atoms with Crippen LogP contribution in [-0.4, -0.2) is 9.97 Å². The molecule has 0 saturated carbocycles. The first-order valence-corrected chi connectivity index (χ1v) is 10.7. The summed E-state index contributed by atoms with van der Waals surface area (Å²) in [6.07, 6.45) is 0. The monoisotopic (exact) mass is 434 g/mol. The van der Waals surface area contributed by atoms with Crippen LogP contribution in [0.1, 0.15) is 11.1 Å². The molecule has 5 nitrogen and oxygen atoms in total. The SMILES string of the molecule is O=c1[nH]c(-c2ccc(OCc3ccccc3)cc2OCc2ccccc2)nc2ccccc12. The van der Waals surface area contributed by atoms with Crippen molar-refractivity contribution in [2.45, 2.75) is 13.2 Å². The molecule has 0 fully saturated rings. The van der Waals surface area contributed by atoms with E-state index >= 15 is 0 Å². The van der Waals surface area contributed by atoms with Gasteiger partial charge in [0.15, 0.2) is 0 Å². The fraction of sp³-hybridized carbons (Fsp3) is 0.0714. The van der Waals surface area contributed by atoms with Crippen LogP contribution in [0.25, 0.3) is 22.3 Å². The van der Waals surface area contributed by atoms with Crippen molar-refractivity contribution in [1.29, 1.82) is 0 Å². The summed E-state index contributed by atoms with van der Waals surface area (Å²) in [6, 6.07) is 32.8. The Hall–Kier alpha value is -4.38. The van der Waals surface area contributed by atoms with Crippen molar-refractivity contribution in [1.82, 2.24) is 9.97 Å². The van der Waals surface area contributed by atoms with Crippen molar-refractivity contribution in [2.75, 3.05) is 0 Å². The molecule has 0 bridgehead atoms. The van der Waals surface area contributed by atoms with Gasteiger partial charge in [-0.2, -0.15) is 0 Å². The van der Waals surface area contributed by atoms with Gasteiger partial charge in [-0.3, -0.25) is 4.79 Å². The molecule has 1 heterocycles. The highest BCUT2D eigenvalue weighted by molar-refractivity contribution is 5.80. The van der Waals surface area contributed by atoms with Crippen LogP contribution in [0, 0.1) is 0 Å². The Morgan fingerprint density at radius 1 is 0.697 bits per heavy atom. The first-order chi connectivity index (χ1) is 16.3. The molecule has 1 N–H and O–H groups in total. The average Bonchev–Trinajstić information content (AvgIpc) is 2.87. The van der Waals surface area contributed by atoms with Crippen molar-refractivity contribution < 1.29 is 9.47 Å². The van der Waals surface area contributed by atoms with E-state index < -0.39 is 0 Å². The number of ether oxygens (including phenoxy) is 2.